The van der Waals surface area contributed by atoms with Gasteiger partial charge in [-0.1, -0.05) is 41.9 Å². The highest BCUT2D eigenvalue weighted by atomic mass is 35.5. The van der Waals surface area contributed by atoms with Crippen LogP contribution in [0.2, 0.25) is 5.02 Å². The fourth-order valence-corrected chi connectivity index (χ4v) is 3.34. The van der Waals surface area contributed by atoms with Gasteiger partial charge in [-0.05, 0) is 60.5 Å². The Morgan fingerprint density at radius 1 is 1.16 bits per heavy atom. The van der Waals surface area contributed by atoms with Crippen molar-refractivity contribution in [2.75, 3.05) is 11.9 Å². The van der Waals surface area contributed by atoms with E-state index in [-0.39, 0.29) is 11.4 Å². The van der Waals surface area contributed by atoms with E-state index in [9.17, 15) is 14.4 Å². The van der Waals surface area contributed by atoms with Gasteiger partial charge in [0.1, 0.15) is 23.2 Å². The van der Waals surface area contributed by atoms with Crippen molar-refractivity contribution >= 4 is 29.3 Å². The summed E-state index contributed by atoms with van der Waals surface area (Å²) in [6, 6.07) is 20.5. The third kappa shape index (κ3) is 5.94. The Labute approximate surface area is 185 Å². The van der Waals surface area contributed by atoms with Crippen LogP contribution in [0.1, 0.15) is 23.6 Å². The molecule has 0 bridgehead atoms. The molecule has 6 heteroatoms. The summed E-state index contributed by atoms with van der Waals surface area (Å²) in [5.74, 6) is -0.327. The number of anilines is 1. The second kappa shape index (κ2) is 10.4. The molecule has 3 rings (SSSR count). The molecule has 0 fully saturated rings. The molecule has 3 aromatic carbocycles. The lowest BCUT2D eigenvalue weighted by molar-refractivity contribution is -0.112. The highest BCUT2D eigenvalue weighted by Gasteiger charge is 2.14. The summed E-state index contributed by atoms with van der Waals surface area (Å²) < 4.78 is 19.3. The molecule has 0 saturated carbocycles. The van der Waals surface area contributed by atoms with Gasteiger partial charge >= 0.3 is 0 Å². The predicted molar refractivity (Wildman–Crippen MR) is 120 cm³/mol. The first kappa shape index (κ1) is 22.1. The number of nitriles is 1. The maximum atomic E-state index is 13.6. The van der Waals surface area contributed by atoms with Crippen LogP contribution in [-0.4, -0.2) is 12.5 Å². The molecule has 0 unspecified atom stereocenters. The number of hydrogen-bond acceptors (Lipinski definition) is 3. The van der Waals surface area contributed by atoms with E-state index in [2.05, 4.69) is 5.32 Å². The number of carbonyl (C=O) groups excluding carboxylic acids is 1. The lowest BCUT2D eigenvalue weighted by Crippen LogP contribution is -2.13. The number of nitrogens with one attached hydrogen (secondary N) is 1. The summed E-state index contributed by atoms with van der Waals surface area (Å²) in [7, 11) is 0. The van der Waals surface area contributed by atoms with Crippen LogP contribution in [-0.2, 0) is 11.2 Å². The number of hydrogen-bond donors (Lipinski definition) is 1. The summed E-state index contributed by atoms with van der Waals surface area (Å²) in [5.41, 5.74) is 2.54. The zero-order chi connectivity index (χ0) is 22.2. The molecule has 1 N–H and O–H groups in total. The largest absolute Gasteiger partial charge is 0.494 e. The van der Waals surface area contributed by atoms with E-state index in [1.165, 1.54) is 18.2 Å². The van der Waals surface area contributed by atoms with E-state index >= 15 is 0 Å². The minimum atomic E-state index is -0.522. The lowest BCUT2D eigenvalue weighted by atomic mass is 10.0. The van der Waals surface area contributed by atoms with E-state index < -0.39 is 5.91 Å². The quantitative estimate of drug-likeness (QED) is 0.365. The van der Waals surface area contributed by atoms with Crippen molar-refractivity contribution in [2.24, 2.45) is 0 Å². The Hall–Kier alpha value is -3.62. The van der Waals surface area contributed by atoms with Gasteiger partial charge in [-0.3, -0.25) is 4.79 Å². The molecule has 0 aliphatic rings. The van der Waals surface area contributed by atoms with Crippen LogP contribution in [0, 0.1) is 17.1 Å². The minimum absolute atomic E-state index is 0.0692. The number of para-hydroxylation sites is 1. The molecule has 0 atom stereocenters. The highest BCUT2D eigenvalue weighted by Crippen LogP contribution is 2.32. The molecule has 0 aliphatic carbocycles. The Bertz CT molecular complexity index is 1150. The highest BCUT2D eigenvalue weighted by molar-refractivity contribution is 6.31. The van der Waals surface area contributed by atoms with Crippen LogP contribution in [0.4, 0.5) is 10.1 Å². The number of benzene rings is 3. The lowest BCUT2D eigenvalue weighted by Gasteiger charge is -2.14. The predicted octanol–water partition coefficient (Wildman–Crippen LogP) is 6.01. The fraction of sp³-hybridized carbons (Fsp3) is 0.120. The first-order chi connectivity index (χ1) is 15.0. The monoisotopic (exact) mass is 434 g/mol. The normalized spacial score (nSPS) is 11.0. The zero-order valence-corrected chi connectivity index (χ0v) is 17.6. The van der Waals surface area contributed by atoms with Gasteiger partial charge in [-0.15, -0.1) is 0 Å². The first-order valence-electron chi connectivity index (χ1n) is 9.68. The minimum Gasteiger partial charge on any atom is -0.494 e. The fourth-order valence-electron chi connectivity index (χ4n) is 3.06. The molecule has 0 heterocycles. The second-order valence-corrected chi connectivity index (χ2v) is 7.12. The molecule has 4 nitrogen and oxygen atoms in total. The van der Waals surface area contributed by atoms with Crippen molar-refractivity contribution in [1.29, 1.82) is 5.26 Å². The number of ether oxygens (including phenoxy) is 1. The van der Waals surface area contributed by atoms with Crippen LogP contribution < -0.4 is 10.1 Å². The van der Waals surface area contributed by atoms with E-state index in [4.69, 9.17) is 16.3 Å². The number of carbonyl (C=O) groups is 1. The van der Waals surface area contributed by atoms with Gasteiger partial charge in [-0.2, -0.15) is 5.26 Å². The zero-order valence-electron chi connectivity index (χ0n) is 16.9. The Kier molecular flexibility index (Phi) is 7.42. The molecule has 0 aromatic heterocycles. The Morgan fingerprint density at radius 3 is 2.61 bits per heavy atom. The van der Waals surface area contributed by atoms with E-state index in [0.717, 1.165) is 5.56 Å². The average Bonchev–Trinajstić information content (AvgIpc) is 2.75. The maximum absolute atomic E-state index is 13.6. The Morgan fingerprint density at radius 2 is 1.94 bits per heavy atom. The molecular formula is C25H20ClFN2O2. The van der Waals surface area contributed by atoms with E-state index in [1.54, 1.807) is 42.5 Å². The van der Waals surface area contributed by atoms with Gasteiger partial charge < -0.3 is 10.1 Å². The average molecular weight is 435 g/mol. The molecule has 0 spiro atoms. The molecule has 0 saturated heterocycles. The van der Waals surface area contributed by atoms with Crippen LogP contribution in [0.15, 0.2) is 72.3 Å². The van der Waals surface area contributed by atoms with Gasteiger partial charge in [0.25, 0.3) is 5.91 Å². The van der Waals surface area contributed by atoms with Crippen LogP contribution in [0.5, 0.6) is 5.75 Å². The van der Waals surface area contributed by atoms with Crippen molar-refractivity contribution in [3.05, 3.63) is 99.8 Å². The van der Waals surface area contributed by atoms with Crippen molar-refractivity contribution < 1.29 is 13.9 Å². The second-order valence-electron chi connectivity index (χ2n) is 6.71. The van der Waals surface area contributed by atoms with Gasteiger partial charge in [0, 0.05) is 22.7 Å². The summed E-state index contributed by atoms with van der Waals surface area (Å²) in [6.07, 6.45) is 1.84. The first-order valence-corrected chi connectivity index (χ1v) is 10.1. The van der Waals surface area contributed by atoms with Gasteiger partial charge in [0.15, 0.2) is 0 Å². The third-order valence-electron chi connectivity index (χ3n) is 4.45. The van der Waals surface area contributed by atoms with Gasteiger partial charge in [0.2, 0.25) is 0 Å². The van der Waals surface area contributed by atoms with E-state index in [1.807, 2.05) is 25.1 Å². The van der Waals surface area contributed by atoms with E-state index in [0.29, 0.717) is 40.6 Å². The molecule has 0 aliphatic heterocycles. The molecule has 156 valence electrons. The summed E-state index contributed by atoms with van der Waals surface area (Å²) in [5, 5.41) is 12.6. The number of rotatable bonds is 7. The Balaban J connectivity index is 1.91. The van der Waals surface area contributed by atoms with Crippen molar-refractivity contribution in [2.45, 2.75) is 13.3 Å². The van der Waals surface area contributed by atoms with Gasteiger partial charge in [0.05, 0.1) is 6.61 Å². The molecule has 31 heavy (non-hydrogen) atoms. The van der Waals surface area contributed by atoms with Crippen LogP contribution in [0.25, 0.3) is 6.08 Å². The topological polar surface area (TPSA) is 62.1 Å². The van der Waals surface area contributed by atoms with Crippen molar-refractivity contribution in [3.8, 4) is 11.8 Å². The number of halogens is 2. The summed E-state index contributed by atoms with van der Waals surface area (Å²) >= 11 is 6.51. The van der Waals surface area contributed by atoms with Crippen LogP contribution in [0.3, 0.4) is 0 Å². The number of amides is 1. The SMILES string of the molecule is CCOc1cc(/C=C(\C#N)C(=O)Nc2ccccc2)cc(Cl)c1Cc1cccc(F)c1. The smallest absolute Gasteiger partial charge is 0.266 e. The summed E-state index contributed by atoms with van der Waals surface area (Å²) in [4.78, 5) is 12.5. The number of nitrogens with zero attached hydrogens (tertiary/aromatic N) is 1. The molecule has 3 aromatic rings. The standard InChI is InChI=1S/C25H20ClFN2O2/c1-2-31-24-15-18(11-19(16-28)25(30)29-21-9-4-3-5-10-21)14-23(26)22(24)13-17-7-6-8-20(27)12-17/h3-12,14-15H,2,13H2,1H3,(H,29,30)/b19-11+. The van der Waals surface area contributed by atoms with Crippen molar-refractivity contribution in [3.63, 3.8) is 0 Å². The molecule has 1 amide bonds. The summed E-state index contributed by atoms with van der Waals surface area (Å²) in [6.45, 7) is 2.25. The van der Waals surface area contributed by atoms with Gasteiger partial charge in [-0.25, -0.2) is 4.39 Å². The molecule has 0 radical (unpaired) electrons. The van der Waals surface area contributed by atoms with Crippen LogP contribution >= 0.6 is 11.6 Å². The van der Waals surface area contributed by atoms with Crippen molar-refractivity contribution in [1.82, 2.24) is 0 Å². The molecular weight excluding hydrogens is 415 g/mol. The third-order valence-corrected chi connectivity index (χ3v) is 4.79. The maximum Gasteiger partial charge on any atom is 0.266 e.